The molecule has 10 heteroatoms. The highest BCUT2D eigenvalue weighted by atomic mass is 35.5. The Morgan fingerprint density at radius 1 is 0.829 bits per heavy atom. The van der Waals surface area contributed by atoms with Crippen molar-refractivity contribution in [1.29, 1.82) is 0 Å². The molecule has 4 aromatic rings. The second-order valence-corrected chi connectivity index (χ2v) is 7.71. The smallest absolute Gasteiger partial charge is 0.255 e. The number of hydrogen-bond donors (Lipinski definition) is 2. The number of ether oxygens (including phenoxy) is 4. The molecule has 0 saturated heterocycles. The fourth-order valence-electron chi connectivity index (χ4n) is 3.42. The largest absolute Gasteiger partial charge is 0.493 e. The predicted molar refractivity (Wildman–Crippen MR) is 135 cm³/mol. The van der Waals surface area contributed by atoms with Crippen molar-refractivity contribution < 1.29 is 23.7 Å². The molecule has 35 heavy (non-hydrogen) atoms. The molecule has 0 aliphatic heterocycles. The first-order chi connectivity index (χ1) is 16.9. The maximum atomic E-state index is 12.8. The summed E-state index contributed by atoms with van der Waals surface area (Å²) in [4.78, 5) is 21.7. The van der Waals surface area contributed by atoms with Gasteiger partial charge in [0.2, 0.25) is 5.95 Å². The van der Waals surface area contributed by atoms with E-state index >= 15 is 0 Å². The first-order valence-electron chi connectivity index (χ1n) is 10.4. The lowest BCUT2D eigenvalue weighted by Crippen LogP contribution is -2.12. The van der Waals surface area contributed by atoms with Gasteiger partial charge in [-0.25, -0.2) is 9.97 Å². The number of aromatic nitrogens is 2. The van der Waals surface area contributed by atoms with E-state index in [-0.39, 0.29) is 5.91 Å². The van der Waals surface area contributed by atoms with Crippen LogP contribution < -0.4 is 29.6 Å². The third-order valence-electron chi connectivity index (χ3n) is 5.20. The number of benzene rings is 3. The number of methoxy groups -OCH3 is 4. The third-order valence-corrected chi connectivity index (χ3v) is 5.53. The van der Waals surface area contributed by atoms with Gasteiger partial charge in [0, 0.05) is 28.9 Å². The summed E-state index contributed by atoms with van der Waals surface area (Å²) in [5.74, 6) is 2.15. The monoisotopic (exact) mass is 494 g/mol. The number of anilines is 3. The van der Waals surface area contributed by atoms with Crippen LogP contribution in [-0.2, 0) is 0 Å². The molecule has 0 bridgehead atoms. The summed E-state index contributed by atoms with van der Waals surface area (Å²) in [5, 5.41) is 7.13. The molecule has 180 valence electrons. The number of amides is 1. The molecule has 9 nitrogen and oxygen atoms in total. The number of carbonyl (C=O) groups is 1. The SMILES string of the molecule is COc1ccc(C(=O)Nc2cc(Nc3ncc4cc(OC)c(OC)cc4n3)ccc2Cl)cc1OC. The minimum absolute atomic E-state index is 0.354. The highest BCUT2D eigenvalue weighted by Crippen LogP contribution is 2.33. The molecule has 2 N–H and O–H groups in total. The van der Waals surface area contributed by atoms with Crippen LogP contribution in [0.1, 0.15) is 10.4 Å². The molecule has 0 spiro atoms. The second kappa shape index (κ2) is 10.4. The van der Waals surface area contributed by atoms with Crippen molar-refractivity contribution in [3.8, 4) is 23.0 Å². The topological polar surface area (TPSA) is 104 Å². The van der Waals surface area contributed by atoms with Crippen LogP contribution in [0.3, 0.4) is 0 Å². The Hall–Kier alpha value is -4.24. The van der Waals surface area contributed by atoms with E-state index in [0.717, 1.165) is 5.39 Å². The number of hydrogen-bond acceptors (Lipinski definition) is 8. The van der Waals surface area contributed by atoms with Crippen LogP contribution in [0.5, 0.6) is 23.0 Å². The maximum absolute atomic E-state index is 12.8. The van der Waals surface area contributed by atoms with Crippen LogP contribution in [-0.4, -0.2) is 44.3 Å². The molecular weight excluding hydrogens is 472 g/mol. The number of halogens is 1. The van der Waals surface area contributed by atoms with Gasteiger partial charge in [0.1, 0.15) is 0 Å². The minimum atomic E-state index is -0.354. The average Bonchev–Trinajstić information content (AvgIpc) is 2.89. The summed E-state index contributed by atoms with van der Waals surface area (Å²) in [6.07, 6.45) is 1.68. The minimum Gasteiger partial charge on any atom is -0.493 e. The van der Waals surface area contributed by atoms with Gasteiger partial charge in [-0.1, -0.05) is 11.6 Å². The lowest BCUT2D eigenvalue weighted by Gasteiger charge is -2.13. The molecule has 1 aromatic heterocycles. The third kappa shape index (κ3) is 5.15. The van der Waals surface area contributed by atoms with Crippen LogP contribution in [0.2, 0.25) is 5.02 Å². The molecule has 0 atom stereocenters. The quantitative estimate of drug-likeness (QED) is 0.339. The predicted octanol–water partition coefficient (Wildman–Crippen LogP) is 5.31. The molecule has 3 aromatic carbocycles. The van der Waals surface area contributed by atoms with Crippen molar-refractivity contribution in [3.05, 3.63) is 65.3 Å². The van der Waals surface area contributed by atoms with Gasteiger partial charge in [0.25, 0.3) is 5.91 Å². The van der Waals surface area contributed by atoms with Crippen molar-refractivity contribution in [2.24, 2.45) is 0 Å². The molecule has 0 aliphatic carbocycles. The Labute approximate surface area is 207 Å². The normalized spacial score (nSPS) is 10.5. The Kier molecular flexibility index (Phi) is 7.07. The number of rotatable bonds is 8. The lowest BCUT2D eigenvalue weighted by atomic mass is 10.1. The van der Waals surface area contributed by atoms with Gasteiger partial charge in [-0.3, -0.25) is 4.79 Å². The molecule has 0 radical (unpaired) electrons. The van der Waals surface area contributed by atoms with E-state index < -0.39 is 0 Å². The zero-order chi connectivity index (χ0) is 24.9. The average molecular weight is 495 g/mol. The summed E-state index contributed by atoms with van der Waals surface area (Å²) in [6.45, 7) is 0. The first kappa shape index (κ1) is 23.9. The van der Waals surface area contributed by atoms with Crippen molar-refractivity contribution in [2.75, 3.05) is 39.1 Å². The van der Waals surface area contributed by atoms with Gasteiger partial charge in [0.05, 0.1) is 44.7 Å². The lowest BCUT2D eigenvalue weighted by molar-refractivity contribution is 0.102. The zero-order valence-electron chi connectivity index (χ0n) is 19.5. The van der Waals surface area contributed by atoms with E-state index in [9.17, 15) is 4.79 Å². The molecule has 4 rings (SSSR count). The number of fused-ring (bicyclic) bond motifs is 1. The van der Waals surface area contributed by atoms with Gasteiger partial charge in [-0.05, 0) is 42.5 Å². The highest BCUT2D eigenvalue weighted by Gasteiger charge is 2.14. The fourth-order valence-corrected chi connectivity index (χ4v) is 3.58. The van der Waals surface area contributed by atoms with Crippen molar-refractivity contribution in [2.45, 2.75) is 0 Å². The van der Waals surface area contributed by atoms with Crippen LogP contribution in [0.4, 0.5) is 17.3 Å². The Morgan fingerprint density at radius 2 is 1.51 bits per heavy atom. The van der Waals surface area contributed by atoms with E-state index in [1.54, 1.807) is 62.9 Å². The van der Waals surface area contributed by atoms with Gasteiger partial charge >= 0.3 is 0 Å². The van der Waals surface area contributed by atoms with Crippen LogP contribution >= 0.6 is 11.6 Å². The van der Waals surface area contributed by atoms with E-state index in [1.165, 1.54) is 14.2 Å². The number of carbonyl (C=O) groups excluding carboxylic acids is 1. The molecule has 1 amide bonds. The zero-order valence-corrected chi connectivity index (χ0v) is 20.3. The molecule has 0 fully saturated rings. The van der Waals surface area contributed by atoms with E-state index in [1.807, 2.05) is 6.07 Å². The van der Waals surface area contributed by atoms with Crippen molar-refractivity contribution in [1.82, 2.24) is 9.97 Å². The molecule has 0 unspecified atom stereocenters. The molecule has 0 saturated carbocycles. The van der Waals surface area contributed by atoms with E-state index in [4.69, 9.17) is 30.5 Å². The van der Waals surface area contributed by atoms with Gasteiger partial charge in [-0.2, -0.15) is 0 Å². The Bertz CT molecular complexity index is 1400. The van der Waals surface area contributed by atoms with Crippen LogP contribution in [0, 0.1) is 0 Å². The van der Waals surface area contributed by atoms with Crippen LogP contribution in [0.25, 0.3) is 10.9 Å². The molecular formula is C25H23ClN4O5. The Morgan fingerprint density at radius 3 is 2.23 bits per heavy atom. The van der Waals surface area contributed by atoms with Crippen LogP contribution in [0.15, 0.2) is 54.7 Å². The van der Waals surface area contributed by atoms with E-state index in [0.29, 0.717) is 56.4 Å². The summed E-state index contributed by atoms with van der Waals surface area (Å²) in [6, 6.07) is 13.6. The van der Waals surface area contributed by atoms with Gasteiger partial charge < -0.3 is 29.6 Å². The first-order valence-corrected chi connectivity index (χ1v) is 10.8. The van der Waals surface area contributed by atoms with Gasteiger partial charge in [0.15, 0.2) is 23.0 Å². The molecule has 1 heterocycles. The van der Waals surface area contributed by atoms with Gasteiger partial charge in [-0.15, -0.1) is 0 Å². The standard InChI is InChI=1S/C25H23ClN4O5/c1-32-20-8-5-14(9-21(20)33-2)24(31)29-19-11-16(6-7-17(19)26)28-25-27-13-15-10-22(34-3)23(35-4)12-18(15)30-25/h5-13H,1-4H3,(H,29,31)(H,27,28,30). The summed E-state index contributed by atoms with van der Waals surface area (Å²) in [5.41, 5.74) is 2.12. The molecule has 0 aliphatic rings. The summed E-state index contributed by atoms with van der Waals surface area (Å²) in [7, 11) is 6.17. The summed E-state index contributed by atoms with van der Waals surface area (Å²) >= 11 is 6.33. The van der Waals surface area contributed by atoms with Crippen molar-refractivity contribution >= 4 is 45.7 Å². The highest BCUT2D eigenvalue weighted by molar-refractivity contribution is 6.34. The fraction of sp³-hybridized carbons (Fsp3) is 0.160. The van der Waals surface area contributed by atoms with E-state index in [2.05, 4.69) is 20.6 Å². The number of nitrogens with one attached hydrogen (secondary N) is 2. The number of nitrogens with zero attached hydrogens (tertiary/aromatic N) is 2. The Balaban J connectivity index is 1.56. The summed E-state index contributed by atoms with van der Waals surface area (Å²) < 4.78 is 21.2. The van der Waals surface area contributed by atoms with Crippen molar-refractivity contribution in [3.63, 3.8) is 0 Å². The maximum Gasteiger partial charge on any atom is 0.255 e. The second-order valence-electron chi connectivity index (χ2n) is 7.30.